The summed E-state index contributed by atoms with van der Waals surface area (Å²) in [6.45, 7) is 3.91. The first-order chi connectivity index (χ1) is 18.7. The molecule has 0 aliphatic heterocycles. The van der Waals surface area contributed by atoms with Crippen molar-refractivity contribution in [2.75, 3.05) is 17.7 Å². The number of imide groups is 1. The molecule has 0 atom stereocenters. The van der Waals surface area contributed by atoms with Crippen molar-refractivity contribution in [3.05, 3.63) is 95.3 Å². The molecule has 0 saturated heterocycles. The zero-order valence-corrected chi connectivity index (χ0v) is 22.0. The van der Waals surface area contributed by atoms with Gasteiger partial charge >= 0.3 is 17.8 Å². The van der Waals surface area contributed by atoms with Gasteiger partial charge in [0.2, 0.25) is 6.41 Å². The molecule has 0 bridgehead atoms. The fraction of sp³-hybridized carbons (Fsp3) is 0.207. The lowest BCUT2D eigenvalue weighted by atomic mass is 10.1. The number of nitrogens with zero attached hydrogens (tertiary/aromatic N) is 4. The summed E-state index contributed by atoms with van der Waals surface area (Å²) in [7, 11) is 1.50. The van der Waals surface area contributed by atoms with Gasteiger partial charge in [0.05, 0.1) is 11.4 Å². The van der Waals surface area contributed by atoms with Crippen molar-refractivity contribution in [3.8, 4) is 5.69 Å². The van der Waals surface area contributed by atoms with Gasteiger partial charge in [-0.05, 0) is 62.6 Å². The molecule has 0 spiro atoms. The van der Waals surface area contributed by atoms with Gasteiger partial charge in [0, 0.05) is 31.0 Å². The summed E-state index contributed by atoms with van der Waals surface area (Å²) in [6, 6.07) is 16.0. The third-order valence-electron chi connectivity index (χ3n) is 6.06. The Labute approximate surface area is 226 Å². The van der Waals surface area contributed by atoms with Crippen LogP contribution in [0.25, 0.3) is 5.69 Å². The van der Waals surface area contributed by atoms with Gasteiger partial charge in [-0.1, -0.05) is 42.0 Å². The maximum absolute atomic E-state index is 12.8. The van der Waals surface area contributed by atoms with Crippen LogP contribution in [0.1, 0.15) is 29.7 Å². The van der Waals surface area contributed by atoms with Gasteiger partial charge in [0.25, 0.3) is 0 Å². The molecule has 2 aromatic carbocycles. The van der Waals surface area contributed by atoms with E-state index in [-0.39, 0.29) is 6.54 Å². The second-order valence-electron chi connectivity index (χ2n) is 9.25. The number of rotatable bonds is 7. The van der Waals surface area contributed by atoms with E-state index in [0.29, 0.717) is 41.4 Å². The van der Waals surface area contributed by atoms with Gasteiger partial charge < -0.3 is 10.2 Å². The van der Waals surface area contributed by atoms with Crippen LogP contribution in [-0.2, 0) is 20.9 Å². The number of hydrogen-bond donors (Lipinski definition) is 2. The van der Waals surface area contributed by atoms with Gasteiger partial charge in [0.1, 0.15) is 5.82 Å². The van der Waals surface area contributed by atoms with E-state index in [1.54, 1.807) is 29.0 Å². The van der Waals surface area contributed by atoms with Crippen LogP contribution >= 0.6 is 0 Å². The molecule has 1 aliphatic carbocycles. The highest BCUT2D eigenvalue weighted by molar-refractivity contribution is 6.37. The molecule has 0 saturated carbocycles. The minimum Gasteiger partial charge on any atom is -0.333 e. The second-order valence-corrected chi connectivity index (χ2v) is 9.25. The Kier molecular flexibility index (Phi) is 8.35. The zero-order valence-electron chi connectivity index (χ0n) is 22.0. The van der Waals surface area contributed by atoms with Crippen molar-refractivity contribution in [2.24, 2.45) is 0 Å². The first kappa shape index (κ1) is 27.1. The molecule has 4 rings (SSSR count). The molecule has 10 nitrogen and oxygen atoms in total. The maximum Gasteiger partial charge on any atom is 0.324 e. The molecule has 1 heterocycles. The maximum atomic E-state index is 12.8. The van der Waals surface area contributed by atoms with E-state index in [1.807, 2.05) is 62.4 Å². The minimum absolute atomic E-state index is 0.122. The van der Waals surface area contributed by atoms with Gasteiger partial charge in [-0.3, -0.25) is 19.7 Å². The van der Waals surface area contributed by atoms with Crippen molar-refractivity contribution >= 4 is 35.8 Å². The zero-order chi connectivity index (χ0) is 27.9. The molecule has 39 heavy (non-hydrogen) atoms. The van der Waals surface area contributed by atoms with Gasteiger partial charge in [0.15, 0.2) is 0 Å². The number of likely N-dealkylation sites (N-methyl/N-ethyl adjacent to an activating group) is 1. The van der Waals surface area contributed by atoms with Crippen LogP contribution in [-0.4, -0.2) is 50.9 Å². The monoisotopic (exact) mass is 526 g/mol. The van der Waals surface area contributed by atoms with Crippen LogP contribution in [0.15, 0.2) is 78.5 Å². The first-order valence-electron chi connectivity index (χ1n) is 12.5. The van der Waals surface area contributed by atoms with Crippen LogP contribution in [0.4, 0.5) is 16.3 Å². The molecule has 2 N–H and O–H groups in total. The fourth-order valence-electron chi connectivity index (χ4n) is 4.10. The lowest BCUT2D eigenvalue weighted by molar-refractivity contribution is -0.152. The third kappa shape index (κ3) is 6.67. The van der Waals surface area contributed by atoms with Gasteiger partial charge in [-0.2, -0.15) is 5.10 Å². The number of anilines is 2. The molecule has 10 heteroatoms. The minimum atomic E-state index is -0.921. The Bertz CT molecular complexity index is 1450. The summed E-state index contributed by atoms with van der Waals surface area (Å²) in [5, 5.41) is 10.1. The Hall–Kier alpha value is -4.99. The Morgan fingerprint density at radius 2 is 1.77 bits per heavy atom. The lowest BCUT2D eigenvalue weighted by Crippen LogP contribution is -2.42. The van der Waals surface area contributed by atoms with E-state index >= 15 is 0 Å². The van der Waals surface area contributed by atoms with Crippen LogP contribution in [0, 0.1) is 13.8 Å². The number of aromatic nitrogens is 2. The number of amides is 5. The summed E-state index contributed by atoms with van der Waals surface area (Å²) in [5.41, 5.74) is 4.23. The highest BCUT2D eigenvalue weighted by atomic mass is 16.2. The smallest absolute Gasteiger partial charge is 0.324 e. The van der Waals surface area contributed by atoms with Crippen molar-refractivity contribution in [2.45, 2.75) is 33.2 Å². The Morgan fingerprint density at radius 3 is 2.46 bits per heavy atom. The van der Waals surface area contributed by atoms with E-state index in [2.05, 4.69) is 15.7 Å². The lowest BCUT2D eigenvalue weighted by Gasteiger charge is -2.22. The predicted molar refractivity (Wildman–Crippen MR) is 148 cm³/mol. The topological polar surface area (TPSA) is 117 Å². The number of nitrogens with one attached hydrogen (secondary N) is 2. The Balaban J connectivity index is 1.46. The highest BCUT2D eigenvalue weighted by Gasteiger charge is 2.27. The summed E-state index contributed by atoms with van der Waals surface area (Å²) < 4.78 is 1.59. The number of benzene rings is 2. The summed E-state index contributed by atoms with van der Waals surface area (Å²) in [4.78, 5) is 51.9. The van der Waals surface area contributed by atoms with Crippen LogP contribution in [0.2, 0.25) is 0 Å². The molecule has 5 amide bonds. The van der Waals surface area contributed by atoms with Crippen molar-refractivity contribution in [1.29, 1.82) is 0 Å². The van der Waals surface area contributed by atoms with E-state index in [1.165, 1.54) is 11.9 Å². The van der Waals surface area contributed by atoms with E-state index in [0.717, 1.165) is 22.4 Å². The average molecular weight is 527 g/mol. The van der Waals surface area contributed by atoms with Crippen molar-refractivity contribution in [1.82, 2.24) is 19.6 Å². The van der Waals surface area contributed by atoms with Gasteiger partial charge in [-0.25, -0.2) is 14.4 Å². The van der Waals surface area contributed by atoms with Crippen LogP contribution in [0.3, 0.4) is 0 Å². The molecule has 0 unspecified atom stereocenters. The predicted octanol–water partition coefficient (Wildman–Crippen LogP) is 4.31. The van der Waals surface area contributed by atoms with E-state index < -0.39 is 17.8 Å². The number of hydrogen-bond acceptors (Lipinski definition) is 5. The number of allylic oxidation sites excluding steroid dienone is 3. The normalized spacial score (nSPS) is 12.3. The third-order valence-corrected chi connectivity index (χ3v) is 6.06. The molecular formula is C29H30N6O4. The molecule has 0 radical (unpaired) electrons. The van der Waals surface area contributed by atoms with E-state index in [9.17, 15) is 19.2 Å². The number of carbonyl (C=O) groups is 4. The van der Waals surface area contributed by atoms with E-state index in [4.69, 9.17) is 0 Å². The SMILES string of the molecule is Cc1ccc(NC(=O)Nc2cc(C)nn2-c2cccc(CN(C)C(=O)C(=O)N(C=O)C3=CCCC=C3)c2)cc1. The quantitative estimate of drug-likeness (QED) is 0.352. The largest absolute Gasteiger partial charge is 0.333 e. The standard InChI is InChI=1S/C29H30N6O4/c1-20-12-14-23(15-13-20)30-29(39)31-26-16-21(2)32-35(26)25-11-7-8-22(17-25)18-33(3)27(37)28(38)34(19-36)24-9-5-4-6-10-24/h5,7-17,19H,4,6,18H2,1-3H3,(H2,30,31,39). The molecule has 1 aliphatic rings. The fourth-order valence-corrected chi connectivity index (χ4v) is 4.10. The van der Waals surface area contributed by atoms with Gasteiger partial charge in [-0.15, -0.1) is 0 Å². The summed E-state index contributed by atoms with van der Waals surface area (Å²) >= 11 is 0. The number of aryl methyl sites for hydroxylation is 2. The summed E-state index contributed by atoms with van der Waals surface area (Å²) in [6.07, 6.45) is 7.13. The molecule has 200 valence electrons. The van der Waals surface area contributed by atoms with Crippen LogP contribution < -0.4 is 10.6 Å². The molecule has 1 aromatic heterocycles. The summed E-state index contributed by atoms with van der Waals surface area (Å²) in [5.74, 6) is -1.27. The molecule has 3 aromatic rings. The second kappa shape index (κ2) is 12.0. The molecule has 0 fully saturated rings. The molecular weight excluding hydrogens is 496 g/mol. The number of urea groups is 1. The van der Waals surface area contributed by atoms with Crippen molar-refractivity contribution < 1.29 is 19.2 Å². The number of carbonyl (C=O) groups excluding carboxylic acids is 4. The first-order valence-corrected chi connectivity index (χ1v) is 12.5. The average Bonchev–Trinajstić information content (AvgIpc) is 3.30. The van der Waals surface area contributed by atoms with Crippen LogP contribution in [0.5, 0.6) is 0 Å². The Morgan fingerprint density at radius 1 is 1.00 bits per heavy atom. The highest BCUT2D eigenvalue weighted by Crippen LogP contribution is 2.20. The van der Waals surface area contributed by atoms with Crippen molar-refractivity contribution in [3.63, 3.8) is 0 Å².